The Morgan fingerprint density at radius 3 is 2.29 bits per heavy atom. The van der Waals surface area contributed by atoms with Crippen molar-refractivity contribution >= 4 is 40.6 Å². The second-order valence-corrected chi connectivity index (χ2v) is 5.02. The Bertz CT molecular complexity index is 662. The van der Waals surface area contributed by atoms with Crippen molar-refractivity contribution < 1.29 is 4.79 Å². The van der Waals surface area contributed by atoms with Crippen LogP contribution in [0.25, 0.3) is 11.1 Å². The summed E-state index contributed by atoms with van der Waals surface area (Å²) in [6.45, 7) is 0. The van der Waals surface area contributed by atoms with E-state index in [4.69, 9.17) is 34.8 Å². The van der Waals surface area contributed by atoms with Crippen molar-refractivity contribution in [1.29, 1.82) is 0 Å². The van der Waals surface area contributed by atoms with Gasteiger partial charge in [0.05, 0.1) is 10.0 Å². The van der Waals surface area contributed by atoms with Crippen molar-refractivity contribution in [2.24, 2.45) is 0 Å². The van der Waals surface area contributed by atoms with E-state index in [0.29, 0.717) is 31.8 Å². The third kappa shape index (κ3) is 1.50. The molecule has 0 atom stereocenters. The van der Waals surface area contributed by atoms with Gasteiger partial charge in [0.1, 0.15) is 0 Å². The molecule has 0 unspecified atom stereocenters. The van der Waals surface area contributed by atoms with E-state index in [-0.39, 0.29) is 5.78 Å². The minimum Gasteiger partial charge on any atom is -0.289 e. The fourth-order valence-electron chi connectivity index (χ4n) is 2.07. The molecule has 4 heteroatoms. The first-order chi connectivity index (χ1) is 8.09. The molecule has 2 aromatic carbocycles. The fourth-order valence-corrected chi connectivity index (χ4v) is 2.67. The van der Waals surface area contributed by atoms with Crippen molar-refractivity contribution in [3.05, 3.63) is 56.5 Å². The molecular formula is C13H5Cl3O. The molecule has 0 saturated heterocycles. The predicted octanol–water partition coefficient (Wildman–Crippen LogP) is 4.86. The van der Waals surface area contributed by atoms with Gasteiger partial charge in [0.2, 0.25) is 0 Å². The van der Waals surface area contributed by atoms with E-state index in [2.05, 4.69) is 0 Å². The zero-order valence-corrected chi connectivity index (χ0v) is 10.7. The van der Waals surface area contributed by atoms with Crippen molar-refractivity contribution in [1.82, 2.24) is 0 Å². The summed E-state index contributed by atoms with van der Waals surface area (Å²) < 4.78 is 0. The zero-order chi connectivity index (χ0) is 12.2. The Hall–Kier alpha value is -1.02. The first kappa shape index (κ1) is 11.1. The molecule has 1 aliphatic carbocycles. The number of hydrogen-bond acceptors (Lipinski definition) is 1. The molecule has 1 aliphatic rings. The fraction of sp³-hybridized carbons (Fsp3) is 0. The van der Waals surface area contributed by atoms with Gasteiger partial charge in [-0.3, -0.25) is 4.79 Å². The normalized spacial score (nSPS) is 12.5. The van der Waals surface area contributed by atoms with Crippen LogP contribution >= 0.6 is 34.8 Å². The van der Waals surface area contributed by atoms with Crippen molar-refractivity contribution in [2.45, 2.75) is 0 Å². The summed E-state index contributed by atoms with van der Waals surface area (Å²) in [7, 11) is 0. The highest BCUT2D eigenvalue weighted by Crippen LogP contribution is 2.44. The van der Waals surface area contributed by atoms with Gasteiger partial charge in [-0.2, -0.15) is 0 Å². The summed E-state index contributed by atoms with van der Waals surface area (Å²) in [4.78, 5) is 12.1. The Kier molecular flexibility index (Phi) is 2.44. The highest BCUT2D eigenvalue weighted by atomic mass is 35.5. The number of ketones is 1. The van der Waals surface area contributed by atoms with Gasteiger partial charge in [0.15, 0.2) is 5.78 Å². The van der Waals surface area contributed by atoms with E-state index in [0.717, 1.165) is 5.56 Å². The number of carbonyl (C=O) groups is 1. The lowest BCUT2D eigenvalue weighted by Crippen LogP contribution is -1.94. The molecule has 0 fully saturated rings. The topological polar surface area (TPSA) is 17.1 Å². The molecular weight excluding hydrogens is 279 g/mol. The molecule has 17 heavy (non-hydrogen) atoms. The monoisotopic (exact) mass is 282 g/mol. The molecule has 0 spiro atoms. The number of carbonyl (C=O) groups excluding carboxylic acids is 1. The summed E-state index contributed by atoms with van der Waals surface area (Å²) in [5, 5.41) is 1.40. The van der Waals surface area contributed by atoms with Crippen LogP contribution < -0.4 is 0 Å². The van der Waals surface area contributed by atoms with Crippen LogP contribution in [0.3, 0.4) is 0 Å². The van der Waals surface area contributed by atoms with E-state index >= 15 is 0 Å². The predicted molar refractivity (Wildman–Crippen MR) is 70.3 cm³/mol. The number of fused-ring (bicyclic) bond motifs is 3. The largest absolute Gasteiger partial charge is 0.289 e. The van der Waals surface area contributed by atoms with Crippen molar-refractivity contribution in [2.75, 3.05) is 0 Å². The molecule has 2 aromatic rings. The number of halogens is 3. The smallest absolute Gasteiger partial charge is 0.194 e. The minimum absolute atomic E-state index is 0.0592. The van der Waals surface area contributed by atoms with Gasteiger partial charge >= 0.3 is 0 Å². The van der Waals surface area contributed by atoms with Gasteiger partial charge in [0, 0.05) is 21.7 Å². The van der Waals surface area contributed by atoms with Gasteiger partial charge in [-0.25, -0.2) is 0 Å². The second kappa shape index (κ2) is 3.74. The maximum atomic E-state index is 12.1. The average Bonchev–Trinajstić information content (AvgIpc) is 2.58. The lowest BCUT2D eigenvalue weighted by atomic mass is 10.1. The van der Waals surface area contributed by atoms with Crippen LogP contribution in [0.15, 0.2) is 30.3 Å². The molecule has 0 amide bonds. The Labute approximate surface area is 113 Å². The molecule has 0 aliphatic heterocycles. The van der Waals surface area contributed by atoms with Crippen LogP contribution in [0, 0.1) is 0 Å². The van der Waals surface area contributed by atoms with Gasteiger partial charge in [-0.05, 0) is 29.8 Å². The molecule has 84 valence electrons. The van der Waals surface area contributed by atoms with Crippen LogP contribution in [-0.4, -0.2) is 5.78 Å². The maximum Gasteiger partial charge on any atom is 0.194 e. The van der Waals surface area contributed by atoms with E-state index in [1.54, 1.807) is 30.3 Å². The second-order valence-electron chi connectivity index (χ2n) is 3.80. The summed E-state index contributed by atoms with van der Waals surface area (Å²) >= 11 is 18.0. The van der Waals surface area contributed by atoms with Gasteiger partial charge in [-0.15, -0.1) is 0 Å². The molecule has 0 aromatic heterocycles. The molecule has 3 rings (SSSR count). The van der Waals surface area contributed by atoms with Crippen LogP contribution in [0.5, 0.6) is 0 Å². The maximum absolute atomic E-state index is 12.1. The third-order valence-electron chi connectivity index (χ3n) is 2.84. The van der Waals surface area contributed by atoms with E-state index < -0.39 is 0 Å². The molecule has 0 heterocycles. The Balaban J connectivity index is 2.41. The van der Waals surface area contributed by atoms with Crippen LogP contribution in [0.2, 0.25) is 15.1 Å². The quantitative estimate of drug-likeness (QED) is 0.576. The minimum atomic E-state index is -0.0592. The molecule has 0 saturated carbocycles. The van der Waals surface area contributed by atoms with Crippen molar-refractivity contribution in [3.8, 4) is 11.1 Å². The highest BCUT2D eigenvalue weighted by molar-refractivity contribution is 6.45. The molecule has 1 nitrogen and oxygen atoms in total. The lowest BCUT2D eigenvalue weighted by molar-refractivity contribution is 0.104. The number of hydrogen-bond donors (Lipinski definition) is 0. The van der Waals surface area contributed by atoms with Gasteiger partial charge in [0.25, 0.3) is 0 Å². The Morgan fingerprint density at radius 2 is 1.53 bits per heavy atom. The molecule has 0 radical (unpaired) electrons. The number of rotatable bonds is 0. The van der Waals surface area contributed by atoms with Gasteiger partial charge in [-0.1, -0.05) is 40.9 Å². The zero-order valence-electron chi connectivity index (χ0n) is 8.43. The van der Waals surface area contributed by atoms with Crippen LogP contribution in [0.1, 0.15) is 15.9 Å². The average molecular weight is 284 g/mol. The summed E-state index contributed by atoms with van der Waals surface area (Å²) in [6, 6.07) is 8.51. The summed E-state index contributed by atoms with van der Waals surface area (Å²) in [5.74, 6) is -0.0592. The van der Waals surface area contributed by atoms with E-state index in [1.807, 2.05) is 0 Å². The molecule has 0 bridgehead atoms. The number of benzene rings is 2. The summed E-state index contributed by atoms with van der Waals surface area (Å²) in [5.41, 5.74) is 2.66. The lowest BCUT2D eigenvalue weighted by Gasteiger charge is -2.04. The third-order valence-corrected chi connectivity index (χ3v) is 3.87. The molecule has 0 N–H and O–H groups in total. The Morgan fingerprint density at radius 1 is 0.824 bits per heavy atom. The summed E-state index contributed by atoms with van der Waals surface area (Å²) in [6.07, 6.45) is 0. The van der Waals surface area contributed by atoms with E-state index in [9.17, 15) is 4.79 Å². The van der Waals surface area contributed by atoms with Gasteiger partial charge < -0.3 is 0 Å². The van der Waals surface area contributed by atoms with Crippen molar-refractivity contribution in [3.63, 3.8) is 0 Å². The van der Waals surface area contributed by atoms with Crippen LogP contribution in [-0.2, 0) is 0 Å². The van der Waals surface area contributed by atoms with E-state index in [1.165, 1.54) is 0 Å². The SMILES string of the molecule is O=C1c2cc(Cl)ccc2-c2c1ccc(Cl)c2Cl. The van der Waals surface area contributed by atoms with Crippen LogP contribution in [0.4, 0.5) is 0 Å². The highest BCUT2D eigenvalue weighted by Gasteiger charge is 2.29. The first-order valence-corrected chi connectivity index (χ1v) is 6.05. The standard InChI is InChI=1S/C13H5Cl3O/c14-6-1-2-7-9(5-6)13(17)8-3-4-10(15)12(16)11(7)8/h1-5H. The first-order valence-electron chi connectivity index (χ1n) is 4.92.